The summed E-state index contributed by atoms with van der Waals surface area (Å²) in [5.41, 5.74) is 0. The molecule has 5 nitrogen and oxygen atoms in total. The molecule has 0 radical (unpaired) electrons. The van der Waals surface area contributed by atoms with Crippen LogP contribution in [0.1, 0.15) is 33.6 Å². The fraction of sp³-hybridized carbons (Fsp3) is 0.846. The molecule has 1 atom stereocenters. The van der Waals surface area contributed by atoms with Crippen LogP contribution in [0.4, 0.5) is 0 Å². The van der Waals surface area contributed by atoms with Crippen molar-refractivity contribution in [3.05, 3.63) is 0 Å². The highest BCUT2D eigenvalue weighted by Crippen LogP contribution is 2.19. The summed E-state index contributed by atoms with van der Waals surface area (Å²) in [6.45, 7) is 6.65. The van der Waals surface area contributed by atoms with Gasteiger partial charge in [0, 0.05) is 20.1 Å². The Morgan fingerprint density at radius 2 is 1.94 bits per heavy atom. The zero-order valence-corrected chi connectivity index (χ0v) is 11.8. The molecule has 0 saturated heterocycles. The minimum atomic E-state index is -0.989. The predicted molar refractivity (Wildman–Crippen MR) is 69.3 cm³/mol. The molecule has 0 bridgehead atoms. The molecule has 0 fully saturated rings. The summed E-state index contributed by atoms with van der Waals surface area (Å²) in [6, 6.07) is 0. The van der Waals surface area contributed by atoms with Crippen molar-refractivity contribution in [3.63, 3.8) is 0 Å². The molecule has 0 saturated carbocycles. The molecule has 106 valence electrons. The van der Waals surface area contributed by atoms with Crippen LogP contribution in [0.3, 0.4) is 0 Å². The highest BCUT2D eigenvalue weighted by atomic mass is 16.5. The van der Waals surface area contributed by atoms with E-state index in [1.807, 2.05) is 0 Å². The Bertz CT molecular complexity index is 266. The topological polar surface area (TPSA) is 66.8 Å². The van der Waals surface area contributed by atoms with E-state index in [9.17, 15) is 9.59 Å². The molecule has 1 N–H and O–H groups in total. The first-order chi connectivity index (χ1) is 8.42. The monoisotopic (exact) mass is 259 g/mol. The van der Waals surface area contributed by atoms with Crippen LogP contribution in [-0.4, -0.2) is 48.7 Å². The van der Waals surface area contributed by atoms with Crippen molar-refractivity contribution in [2.75, 3.05) is 26.8 Å². The number of carboxylic acid groups (broad SMARTS) is 1. The van der Waals surface area contributed by atoms with Gasteiger partial charge in [0.05, 0.1) is 6.61 Å². The smallest absolute Gasteiger partial charge is 0.323 e. The summed E-state index contributed by atoms with van der Waals surface area (Å²) in [6.07, 6.45) is 1.33. The molecular formula is C13H25NO4. The van der Waals surface area contributed by atoms with E-state index >= 15 is 0 Å². The molecule has 0 heterocycles. The summed E-state index contributed by atoms with van der Waals surface area (Å²) in [7, 11) is 1.53. The van der Waals surface area contributed by atoms with Gasteiger partial charge in [-0.3, -0.25) is 9.59 Å². The number of ether oxygens (including phenoxy) is 1. The Balaban J connectivity index is 4.47. The van der Waals surface area contributed by atoms with Crippen LogP contribution in [0.5, 0.6) is 0 Å². The third-order valence-corrected chi connectivity index (χ3v) is 3.15. The van der Waals surface area contributed by atoms with Crippen LogP contribution in [0, 0.1) is 11.8 Å². The standard InChI is InChI=1S/C13H25NO4/c1-5-11(10(2)3)8-12(15)14(6-7-18-4)9-13(16)17/h10-11H,5-9H2,1-4H3,(H,16,17). The van der Waals surface area contributed by atoms with Crippen LogP contribution >= 0.6 is 0 Å². The fourth-order valence-corrected chi connectivity index (χ4v) is 1.86. The second-order valence-electron chi connectivity index (χ2n) is 4.82. The average molecular weight is 259 g/mol. The SMILES string of the molecule is CCC(CC(=O)N(CCOC)CC(=O)O)C(C)C. The van der Waals surface area contributed by atoms with Crippen molar-refractivity contribution < 1.29 is 19.4 Å². The van der Waals surface area contributed by atoms with Crippen molar-refractivity contribution in [2.24, 2.45) is 11.8 Å². The third kappa shape index (κ3) is 6.59. The second kappa shape index (κ2) is 8.91. The van der Waals surface area contributed by atoms with Gasteiger partial charge in [0.25, 0.3) is 0 Å². The molecule has 1 amide bonds. The lowest BCUT2D eigenvalue weighted by Gasteiger charge is -2.24. The van der Waals surface area contributed by atoms with Crippen LogP contribution in [0.15, 0.2) is 0 Å². The number of carboxylic acids is 1. The summed E-state index contributed by atoms with van der Waals surface area (Å²) in [5, 5.41) is 8.80. The van der Waals surface area contributed by atoms with Gasteiger partial charge in [-0.15, -0.1) is 0 Å². The maximum Gasteiger partial charge on any atom is 0.323 e. The molecule has 0 aromatic rings. The first-order valence-electron chi connectivity index (χ1n) is 6.40. The number of rotatable bonds is 9. The molecule has 0 rings (SSSR count). The summed E-state index contributed by atoms with van der Waals surface area (Å²) >= 11 is 0. The lowest BCUT2D eigenvalue weighted by Crippen LogP contribution is -2.39. The quantitative estimate of drug-likeness (QED) is 0.683. The second-order valence-corrected chi connectivity index (χ2v) is 4.82. The third-order valence-electron chi connectivity index (χ3n) is 3.15. The molecule has 0 spiro atoms. The highest BCUT2D eigenvalue weighted by molar-refractivity contribution is 5.81. The van der Waals surface area contributed by atoms with Crippen LogP contribution in [0.25, 0.3) is 0 Å². The number of carbonyl (C=O) groups is 2. The number of methoxy groups -OCH3 is 1. The van der Waals surface area contributed by atoms with Crippen molar-refractivity contribution in [1.82, 2.24) is 4.90 Å². The van der Waals surface area contributed by atoms with E-state index in [0.29, 0.717) is 31.4 Å². The van der Waals surface area contributed by atoms with E-state index in [1.54, 1.807) is 0 Å². The Morgan fingerprint density at radius 3 is 2.33 bits per heavy atom. The van der Waals surface area contributed by atoms with Crippen molar-refractivity contribution >= 4 is 11.9 Å². The molecule has 0 aromatic carbocycles. The van der Waals surface area contributed by atoms with Gasteiger partial charge >= 0.3 is 5.97 Å². The maximum absolute atomic E-state index is 12.1. The lowest BCUT2D eigenvalue weighted by molar-refractivity contribution is -0.145. The maximum atomic E-state index is 12.1. The first-order valence-corrected chi connectivity index (χ1v) is 6.40. The van der Waals surface area contributed by atoms with E-state index in [0.717, 1.165) is 6.42 Å². The zero-order valence-electron chi connectivity index (χ0n) is 11.8. The van der Waals surface area contributed by atoms with Gasteiger partial charge in [-0.25, -0.2) is 0 Å². The van der Waals surface area contributed by atoms with E-state index in [-0.39, 0.29) is 12.5 Å². The average Bonchev–Trinajstić information content (AvgIpc) is 2.30. The zero-order chi connectivity index (χ0) is 14.1. The molecule has 1 unspecified atom stereocenters. The molecule has 5 heteroatoms. The summed E-state index contributed by atoms with van der Waals surface area (Å²) in [4.78, 5) is 24.2. The van der Waals surface area contributed by atoms with Crippen molar-refractivity contribution in [1.29, 1.82) is 0 Å². The van der Waals surface area contributed by atoms with Crippen molar-refractivity contribution in [3.8, 4) is 0 Å². The number of nitrogens with zero attached hydrogens (tertiary/aromatic N) is 1. The first kappa shape index (κ1) is 16.9. The molecule has 0 aliphatic carbocycles. The number of hydrogen-bond acceptors (Lipinski definition) is 3. The number of carbonyl (C=O) groups excluding carboxylic acids is 1. The normalized spacial score (nSPS) is 12.5. The minimum Gasteiger partial charge on any atom is -0.480 e. The number of amides is 1. The summed E-state index contributed by atoms with van der Waals surface area (Å²) < 4.78 is 4.90. The van der Waals surface area contributed by atoms with E-state index in [2.05, 4.69) is 20.8 Å². The highest BCUT2D eigenvalue weighted by Gasteiger charge is 2.21. The Morgan fingerprint density at radius 1 is 1.33 bits per heavy atom. The van der Waals surface area contributed by atoms with E-state index < -0.39 is 5.97 Å². The van der Waals surface area contributed by atoms with Gasteiger partial charge < -0.3 is 14.7 Å². The van der Waals surface area contributed by atoms with Gasteiger partial charge in [-0.1, -0.05) is 27.2 Å². The molecule has 0 aromatic heterocycles. The molecule has 0 aliphatic heterocycles. The number of hydrogen-bond donors (Lipinski definition) is 1. The lowest BCUT2D eigenvalue weighted by atomic mass is 9.90. The molecule has 18 heavy (non-hydrogen) atoms. The predicted octanol–water partition coefficient (Wildman–Crippen LogP) is 1.62. The Labute approximate surface area is 109 Å². The fourth-order valence-electron chi connectivity index (χ4n) is 1.86. The van der Waals surface area contributed by atoms with Crippen LogP contribution in [0.2, 0.25) is 0 Å². The Kier molecular flexibility index (Phi) is 8.37. The van der Waals surface area contributed by atoms with E-state index in [1.165, 1.54) is 12.0 Å². The largest absolute Gasteiger partial charge is 0.480 e. The van der Waals surface area contributed by atoms with Crippen molar-refractivity contribution in [2.45, 2.75) is 33.6 Å². The molecular weight excluding hydrogens is 234 g/mol. The molecule has 0 aliphatic rings. The van der Waals surface area contributed by atoms with Gasteiger partial charge in [0.15, 0.2) is 0 Å². The van der Waals surface area contributed by atoms with Crippen LogP contribution < -0.4 is 0 Å². The van der Waals surface area contributed by atoms with Crippen LogP contribution in [-0.2, 0) is 14.3 Å². The summed E-state index contributed by atoms with van der Waals surface area (Å²) in [5.74, 6) is -0.364. The van der Waals surface area contributed by atoms with Gasteiger partial charge in [-0.2, -0.15) is 0 Å². The minimum absolute atomic E-state index is 0.102. The van der Waals surface area contributed by atoms with Gasteiger partial charge in [-0.05, 0) is 11.8 Å². The van der Waals surface area contributed by atoms with Gasteiger partial charge in [0.1, 0.15) is 6.54 Å². The number of aliphatic carboxylic acids is 1. The van der Waals surface area contributed by atoms with E-state index in [4.69, 9.17) is 9.84 Å². The Hall–Kier alpha value is -1.10. The van der Waals surface area contributed by atoms with Gasteiger partial charge in [0.2, 0.25) is 5.91 Å².